The van der Waals surface area contributed by atoms with Crippen LogP contribution in [0, 0.1) is 13.8 Å². The molecule has 29 heavy (non-hydrogen) atoms. The molecular formula is C23H25N3O3. The summed E-state index contributed by atoms with van der Waals surface area (Å²) in [4.78, 5) is 24.4. The Kier molecular flexibility index (Phi) is 6.44. The Labute approximate surface area is 170 Å². The maximum atomic E-state index is 12.3. The lowest BCUT2D eigenvalue weighted by molar-refractivity contribution is -0.116. The summed E-state index contributed by atoms with van der Waals surface area (Å²) in [5.41, 5.74) is 4.43. The Bertz CT molecular complexity index is 1060. The summed E-state index contributed by atoms with van der Waals surface area (Å²) >= 11 is 0. The highest BCUT2D eigenvalue weighted by Crippen LogP contribution is 2.20. The van der Waals surface area contributed by atoms with Crippen molar-refractivity contribution >= 4 is 11.6 Å². The number of methoxy groups -OCH3 is 1. The average Bonchev–Trinajstić information content (AvgIpc) is 2.73. The first-order valence-electron chi connectivity index (χ1n) is 9.56. The van der Waals surface area contributed by atoms with E-state index in [-0.39, 0.29) is 11.5 Å². The van der Waals surface area contributed by atoms with Crippen molar-refractivity contribution in [2.45, 2.75) is 33.2 Å². The average molecular weight is 391 g/mol. The van der Waals surface area contributed by atoms with E-state index in [0.717, 1.165) is 28.1 Å². The van der Waals surface area contributed by atoms with Gasteiger partial charge in [0.05, 0.1) is 12.8 Å². The SMILES string of the molecule is COc1ccc(-c2ccc(=O)n(CCCC(=O)Nc3cccc(C)c3C)n2)cc1. The number of aromatic nitrogens is 2. The van der Waals surface area contributed by atoms with Crippen molar-refractivity contribution in [1.29, 1.82) is 0 Å². The minimum atomic E-state index is -0.183. The minimum Gasteiger partial charge on any atom is -0.497 e. The third-order valence-electron chi connectivity index (χ3n) is 4.90. The largest absolute Gasteiger partial charge is 0.497 e. The Morgan fingerprint density at radius 1 is 1.07 bits per heavy atom. The number of rotatable bonds is 7. The third-order valence-corrected chi connectivity index (χ3v) is 4.90. The number of ether oxygens (including phenoxy) is 1. The van der Waals surface area contributed by atoms with Gasteiger partial charge in [0.1, 0.15) is 5.75 Å². The molecule has 0 radical (unpaired) electrons. The van der Waals surface area contributed by atoms with Crippen LogP contribution in [0.15, 0.2) is 59.4 Å². The van der Waals surface area contributed by atoms with E-state index in [1.165, 1.54) is 10.7 Å². The van der Waals surface area contributed by atoms with E-state index in [1.807, 2.05) is 56.3 Å². The molecule has 0 saturated heterocycles. The number of nitrogens with one attached hydrogen (secondary N) is 1. The van der Waals surface area contributed by atoms with Gasteiger partial charge in [-0.1, -0.05) is 12.1 Å². The zero-order valence-corrected chi connectivity index (χ0v) is 16.9. The molecule has 0 bridgehead atoms. The van der Waals surface area contributed by atoms with Crippen LogP contribution in [0.1, 0.15) is 24.0 Å². The van der Waals surface area contributed by atoms with Crippen LogP contribution >= 0.6 is 0 Å². The number of nitrogens with zero attached hydrogens (tertiary/aromatic N) is 2. The molecular weight excluding hydrogens is 366 g/mol. The predicted molar refractivity (Wildman–Crippen MR) is 114 cm³/mol. The van der Waals surface area contributed by atoms with E-state index < -0.39 is 0 Å². The molecule has 1 N–H and O–H groups in total. The third kappa shape index (κ3) is 5.10. The number of carbonyl (C=O) groups excluding carboxylic acids is 1. The lowest BCUT2D eigenvalue weighted by atomic mass is 10.1. The molecule has 3 rings (SSSR count). The van der Waals surface area contributed by atoms with E-state index >= 15 is 0 Å². The smallest absolute Gasteiger partial charge is 0.266 e. The van der Waals surface area contributed by atoms with Crippen LogP contribution in [-0.2, 0) is 11.3 Å². The van der Waals surface area contributed by atoms with Crippen LogP contribution in [0.25, 0.3) is 11.3 Å². The number of carbonyl (C=O) groups is 1. The number of hydrogen-bond acceptors (Lipinski definition) is 4. The second-order valence-corrected chi connectivity index (χ2v) is 6.91. The number of aryl methyl sites for hydroxylation is 2. The molecule has 0 saturated carbocycles. The van der Waals surface area contributed by atoms with Crippen LogP contribution in [0.2, 0.25) is 0 Å². The molecule has 0 spiro atoms. The fourth-order valence-corrected chi connectivity index (χ4v) is 3.01. The summed E-state index contributed by atoms with van der Waals surface area (Å²) in [6, 6.07) is 16.5. The van der Waals surface area contributed by atoms with Gasteiger partial charge in [0, 0.05) is 30.3 Å². The number of amides is 1. The summed E-state index contributed by atoms with van der Waals surface area (Å²) in [6.07, 6.45) is 0.837. The standard InChI is InChI=1S/C23H25N3O3/c1-16-6-4-7-20(17(16)2)24-22(27)8-5-15-26-23(28)14-13-21(25-26)18-9-11-19(29-3)12-10-18/h4,6-7,9-14H,5,8,15H2,1-3H3,(H,24,27). The number of hydrogen-bond donors (Lipinski definition) is 1. The van der Waals surface area contributed by atoms with Crippen molar-refractivity contribution in [2.75, 3.05) is 12.4 Å². The molecule has 1 heterocycles. The highest BCUT2D eigenvalue weighted by molar-refractivity contribution is 5.91. The van der Waals surface area contributed by atoms with Crippen LogP contribution in [0.5, 0.6) is 5.75 Å². The lowest BCUT2D eigenvalue weighted by Crippen LogP contribution is -2.23. The molecule has 0 atom stereocenters. The van der Waals surface area contributed by atoms with Crippen molar-refractivity contribution in [2.24, 2.45) is 0 Å². The first kappa shape index (κ1) is 20.3. The highest BCUT2D eigenvalue weighted by atomic mass is 16.5. The maximum absolute atomic E-state index is 12.3. The van der Waals surface area contributed by atoms with Gasteiger partial charge in [0.2, 0.25) is 5.91 Å². The van der Waals surface area contributed by atoms with Crippen LogP contribution in [-0.4, -0.2) is 22.8 Å². The summed E-state index contributed by atoms with van der Waals surface area (Å²) in [7, 11) is 1.61. The molecule has 3 aromatic rings. The Hall–Kier alpha value is -3.41. The molecule has 1 amide bonds. The molecule has 2 aromatic carbocycles. The quantitative estimate of drug-likeness (QED) is 0.662. The van der Waals surface area contributed by atoms with Crippen molar-refractivity contribution < 1.29 is 9.53 Å². The normalized spacial score (nSPS) is 10.6. The van der Waals surface area contributed by atoms with Gasteiger partial charge in [0.15, 0.2) is 0 Å². The first-order chi connectivity index (χ1) is 14.0. The summed E-state index contributed by atoms with van der Waals surface area (Å²) < 4.78 is 6.57. The zero-order valence-electron chi connectivity index (χ0n) is 16.9. The molecule has 150 valence electrons. The highest BCUT2D eigenvalue weighted by Gasteiger charge is 2.08. The van der Waals surface area contributed by atoms with E-state index in [2.05, 4.69) is 10.4 Å². The fraction of sp³-hybridized carbons (Fsp3) is 0.261. The lowest BCUT2D eigenvalue weighted by Gasteiger charge is -2.11. The molecule has 6 nitrogen and oxygen atoms in total. The van der Waals surface area contributed by atoms with Crippen LogP contribution in [0.4, 0.5) is 5.69 Å². The zero-order chi connectivity index (χ0) is 20.8. The molecule has 0 unspecified atom stereocenters. The molecule has 0 aliphatic carbocycles. The predicted octanol–water partition coefficient (Wildman–Crippen LogP) is 3.95. The van der Waals surface area contributed by atoms with Gasteiger partial charge in [-0.15, -0.1) is 0 Å². The van der Waals surface area contributed by atoms with Gasteiger partial charge < -0.3 is 10.1 Å². The molecule has 0 aliphatic rings. The van der Waals surface area contributed by atoms with E-state index in [1.54, 1.807) is 13.2 Å². The van der Waals surface area contributed by atoms with Gasteiger partial charge in [-0.25, -0.2) is 4.68 Å². The van der Waals surface area contributed by atoms with E-state index in [4.69, 9.17) is 4.74 Å². The van der Waals surface area contributed by atoms with Gasteiger partial charge in [-0.2, -0.15) is 5.10 Å². The van der Waals surface area contributed by atoms with Gasteiger partial charge >= 0.3 is 0 Å². The molecule has 0 fully saturated rings. The van der Waals surface area contributed by atoms with Crippen molar-refractivity contribution in [3.05, 3.63) is 76.1 Å². The summed E-state index contributed by atoms with van der Waals surface area (Å²) in [6.45, 7) is 4.38. The number of benzene rings is 2. The van der Waals surface area contributed by atoms with Crippen LogP contribution < -0.4 is 15.6 Å². The monoisotopic (exact) mass is 391 g/mol. The Morgan fingerprint density at radius 2 is 1.83 bits per heavy atom. The van der Waals surface area contributed by atoms with Crippen molar-refractivity contribution in [1.82, 2.24) is 9.78 Å². The summed E-state index contributed by atoms with van der Waals surface area (Å²) in [5.74, 6) is 0.690. The second kappa shape index (κ2) is 9.19. The molecule has 6 heteroatoms. The van der Waals surface area contributed by atoms with Crippen molar-refractivity contribution in [3.63, 3.8) is 0 Å². The maximum Gasteiger partial charge on any atom is 0.266 e. The minimum absolute atomic E-state index is 0.0712. The van der Waals surface area contributed by atoms with Gasteiger partial charge in [0.25, 0.3) is 5.56 Å². The van der Waals surface area contributed by atoms with Gasteiger partial charge in [-0.05, 0) is 67.8 Å². The van der Waals surface area contributed by atoms with E-state index in [9.17, 15) is 9.59 Å². The molecule has 1 aromatic heterocycles. The Morgan fingerprint density at radius 3 is 2.55 bits per heavy atom. The molecule has 0 aliphatic heterocycles. The topological polar surface area (TPSA) is 73.2 Å². The van der Waals surface area contributed by atoms with Crippen molar-refractivity contribution in [3.8, 4) is 17.0 Å². The fourth-order valence-electron chi connectivity index (χ4n) is 3.01. The Balaban J connectivity index is 1.62. The second-order valence-electron chi connectivity index (χ2n) is 6.91. The van der Waals surface area contributed by atoms with Crippen LogP contribution in [0.3, 0.4) is 0 Å². The van der Waals surface area contributed by atoms with E-state index in [0.29, 0.717) is 25.1 Å². The van der Waals surface area contributed by atoms with Gasteiger partial charge in [-0.3, -0.25) is 9.59 Å². The number of anilines is 1. The summed E-state index contributed by atoms with van der Waals surface area (Å²) in [5, 5.41) is 7.38. The first-order valence-corrected chi connectivity index (χ1v) is 9.56.